The molecule has 0 aliphatic heterocycles. The van der Waals surface area contributed by atoms with Gasteiger partial charge < -0.3 is 4.18 Å². The average Bonchev–Trinajstić information content (AvgIpc) is 2.02. The van der Waals surface area contributed by atoms with E-state index in [1.54, 1.807) is 12.1 Å². The van der Waals surface area contributed by atoms with E-state index in [1.807, 2.05) is 0 Å². The molecular weight excluding hydrogens is 270 g/mol. The van der Waals surface area contributed by atoms with Crippen LogP contribution in [0, 0.1) is 11.3 Å². The summed E-state index contributed by atoms with van der Waals surface area (Å²) in [6.45, 7) is 0. The normalized spacial score (nSPS) is 10.6. The summed E-state index contributed by atoms with van der Waals surface area (Å²) in [5, 5.41) is 8.22. The van der Waals surface area contributed by atoms with E-state index in [-0.39, 0.29) is 5.75 Å². The van der Waals surface area contributed by atoms with Crippen LogP contribution in [0.25, 0.3) is 0 Å². The minimum Gasteiger partial charge on any atom is -0.382 e. The minimum atomic E-state index is -3.78. The van der Waals surface area contributed by atoms with Crippen molar-refractivity contribution in [3.8, 4) is 11.8 Å². The zero-order chi connectivity index (χ0) is 10.6. The standard InChI is InChI=1S/C8H6BrNO3S/c9-7-2-1-3-8(6-7)13-14(11,12)5-4-10/h1-3,6H,5H2. The molecule has 0 aliphatic rings. The van der Waals surface area contributed by atoms with Gasteiger partial charge in [-0.25, -0.2) is 0 Å². The Morgan fingerprint density at radius 3 is 2.79 bits per heavy atom. The van der Waals surface area contributed by atoms with E-state index in [0.717, 1.165) is 0 Å². The number of rotatable bonds is 3. The van der Waals surface area contributed by atoms with Gasteiger partial charge in [0.15, 0.2) is 5.75 Å². The second-order valence-corrected chi connectivity index (χ2v) is 4.89. The highest BCUT2D eigenvalue weighted by Crippen LogP contribution is 2.19. The van der Waals surface area contributed by atoms with E-state index in [1.165, 1.54) is 18.2 Å². The molecule has 0 N–H and O–H groups in total. The summed E-state index contributed by atoms with van der Waals surface area (Å²) in [5.74, 6) is -0.464. The third kappa shape index (κ3) is 3.36. The van der Waals surface area contributed by atoms with Crippen molar-refractivity contribution in [2.75, 3.05) is 5.75 Å². The van der Waals surface area contributed by atoms with Crippen LogP contribution in [0.3, 0.4) is 0 Å². The second kappa shape index (κ2) is 4.44. The predicted octanol–water partition coefficient (Wildman–Crippen LogP) is 1.68. The highest BCUT2D eigenvalue weighted by molar-refractivity contribution is 9.10. The van der Waals surface area contributed by atoms with Gasteiger partial charge >= 0.3 is 10.1 Å². The Morgan fingerprint density at radius 1 is 1.50 bits per heavy atom. The van der Waals surface area contributed by atoms with Crippen molar-refractivity contribution in [2.45, 2.75) is 0 Å². The lowest BCUT2D eigenvalue weighted by Crippen LogP contribution is -2.12. The van der Waals surface area contributed by atoms with Gasteiger partial charge in [-0.1, -0.05) is 22.0 Å². The van der Waals surface area contributed by atoms with Crippen LogP contribution in [-0.4, -0.2) is 14.2 Å². The van der Waals surface area contributed by atoms with Crippen molar-refractivity contribution in [3.63, 3.8) is 0 Å². The summed E-state index contributed by atoms with van der Waals surface area (Å²) in [6.07, 6.45) is 0. The van der Waals surface area contributed by atoms with Gasteiger partial charge in [0.2, 0.25) is 0 Å². The van der Waals surface area contributed by atoms with E-state index >= 15 is 0 Å². The summed E-state index contributed by atoms with van der Waals surface area (Å²) in [4.78, 5) is 0. The number of hydrogen-bond acceptors (Lipinski definition) is 4. The smallest absolute Gasteiger partial charge is 0.322 e. The Balaban J connectivity index is 2.85. The van der Waals surface area contributed by atoms with Gasteiger partial charge in [0.1, 0.15) is 5.75 Å². The van der Waals surface area contributed by atoms with Crippen LogP contribution in [0.4, 0.5) is 0 Å². The van der Waals surface area contributed by atoms with Crippen molar-refractivity contribution in [3.05, 3.63) is 28.7 Å². The minimum absolute atomic E-state index is 0.189. The Labute approximate surface area is 90.4 Å². The molecule has 0 aromatic heterocycles. The zero-order valence-corrected chi connectivity index (χ0v) is 9.38. The lowest BCUT2D eigenvalue weighted by molar-refractivity contribution is 0.489. The SMILES string of the molecule is N#CCS(=O)(=O)Oc1cccc(Br)c1. The molecule has 0 heterocycles. The first-order chi connectivity index (χ1) is 6.53. The van der Waals surface area contributed by atoms with E-state index < -0.39 is 15.9 Å². The number of nitrogens with zero attached hydrogens (tertiary/aromatic N) is 1. The van der Waals surface area contributed by atoms with Crippen molar-refractivity contribution in [1.29, 1.82) is 5.26 Å². The maximum Gasteiger partial charge on any atom is 0.322 e. The fraction of sp³-hybridized carbons (Fsp3) is 0.125. The summed E-state index contributed by atoms with van der Waals surface area (Å²) < 4.78 is 27.5. The third-order valence-corrected chi connectivity index (χ3v) is 2.68. The van der Waals surface area contributed by atoms with Crippen LogP contribution in [0.2, 0.25) is 0 Å². The zero-order valence-electron chi connectivity index (χ0n) is 6.97. The Hall–Kier alpha value is -1.06. The van der Waals surface area contributed by atoms with Crippen LogP contribution in [-0.2, 0) is 10.1 Å². The Morgan fingerprint density at radius 2 is 2.21 bits per heavy atom. The number of hydrogen-bond donors (Lipinski definition) is 0. The molecule has 14 heavy (non-hydrogen) atoms. The quantitative estimate of drug-likeness (QED) is 0.788. The molecule has 0 saturated carbocycles. The fourth-order valence-electron chi connectivity index (χ4n) is 0.774. The number of halogens is 1. The van der Waals surface area contributed by atoms with Gasteiger partial charge in [0.05, 0.1) is 6.07 Å². The molecule has 0 atom stereocenters. The maximum absolute atomic E-state index is 11.1. The topological polar surface area (TPSA) is 67.2 Å². The van der Waals surface area contributed by atoms with Crippen molar-refractivity contribution in [1.82, 2.24) is 0 Å². The lowest BCUT2D eigenvalue weighted by Gasteiger charge is -2.03. The van der Waals surface area contributed by atoms with Crippen molar-refractivity contribution in [2.24, 2.45) is 0 Å². The highest BCUT2D eigenvalue weighted by atomic mass is 79.9. The summed E-state index contributed by atoms with van der Waals surface area (Å²) >= 11 is 3.17. The molecular formula is C8H6BrNO3S. The first-order valence-electron chi connectivity index (χ1n) is 3.58. The molecule has 4 nitrogen and oxygen atoms in total. The van der Waals surface area contributed by atoms with Crippen LogP contribution in [0.5, 0.6) is 5.75 Å². The Bertz CT molecular complexity index is 464. The molecule has 0 amide bonds. The molecule has 0 radical (unpaired) electrons. The predicted molar refractivity (Wildman–Crippen MR) is 54.2 cm³/mol. The van der Waals surface area contributed by atoms with E-state index in [4.69, 9.17) is 5.26 Å². The summed E-state index contributed by atoms with van der Waals surface area (Å²) in [6, 6.07) is 7.91. The molecule has 0 saturated heterocycles. The van der Waals surface area contributed by atoms with Gasteiger partial charge in [0.25, 0.3) is 0 Å². The molecule has 0 unspecified atom stereocenters. The van der Waals surface area contributed by atoms with Gasteiger partial charge in [-0.15, -0.1) is 0 Å². The molecule has 1 aromatic rings. The molecule has 0 spiro atoms. The van der Waals surface area contributed by atoms with Gasteiger partial charge in [0, 0.05) is 4.47 Å². The van der Waals surface area contributed by atoms with E-state index in [9.17, 15) is 8.42 Å². The Kier molecular flexibility index (Phi) is 3.49. The largest absolute Gasteiger partial charge is 0.382 e. The van der Waals surface area contributed by atoms with Crippen LogP contribution >= 0.6 is 15.9 Å². The molecule has 0 fully saturated rings. The van der Waals surface area contributed by atoms with Crippen molar-refractivity contribution >= 4 is 26.0 Å². The summed E-state index contributed by atoms with van der Waals surface area (Å²) in [5.41, 5.74) is 0. The monoisotopic (exact) mass is 275 g/mol. The molecule has 0 aliphatic carbocycles. The third-order valence-electron chi connectivity index (χ3n) is 1.26. The van der Waals surface area contributed by atoms with Crippen LogP contribution in [0.1, 0.15) is 0 Å². The number of nitriles is 1. The molecule has 0 bridgehead atoms. The summed E-state index contributed by atoms with van der Waals surface area (Å²) in [7, 11) is -3.78. The van der Waals surface area contributed by atoms with Crippen LogP contribution in [0.15, 0.2) is 28.7 Å². The van der Waals surface area contributed by atoms with Gasteiger partial charge in [-0.3, -0.25) is 0 Å². The highest BCUT2D eigenvalue weighted by Gasteiger charge is 2.11. The lowest BCUT2D eigenvalue weighted by atomic mass is 10.3. The first-order valence-corrected chi connectivity index (χ1v) is 5.95. The van der Waals surface area contributed by atoms with Crippen LogP contribution < -0.4 is 4.18 Å². The number of benzene rings is 1. The second-order valence-electron chi connectivity index (χ2n) is 2.40. The molecule has 1 aromatic carbocycles. The van der Waals surface area contributed by atoms with Crippen molar-refractivity contribution < 1.29 is 12.6 Å². The van der Waals surface area contributed by atoms with E-state index in [2.05, 4.69) is 20.1 Å². The van der Waals surface area contributed by atoms with E-state index in [0.29, 0.717) is 4.47 Å². The molecule has 6 heteroatoms. The first kappa shape index (κ1) is 11.0. The molecule has 74 valence electrons. The van der Waals surface area contributed by atoms with Gasteiger partial charge in [-0.2, -0.15) is 13.7 Å². The molecule has 1 rings (SSSR count). The van der Waals surface area contributed by atoms with Gasteiger partial charge in [-0.05, 0) is 18.2 Å². The fourth-order valence-corrected chi connectivity index (χ4v) is 1.77. The average molecular weight is 276 g/mol. The maximum atomic E-state index is 11.1.